The highest BCUT2D eigenvalue weighted by Gasteiger charge is 2.34. The molecule has 2 aliphatic rings. The summed E-state index contributed by atoms with van der Waals surface area (Å²) in [5.41, 5.74) is 1.37. The van der Waals surface area contributed by atoms with E-state index in [1.807, 2.05) is 18.2 Å². The molecule has 170 valence electrons. The van der Waals surface area contributed by atoms with E-state index in [0.717, 1.165) is 0 Å². The zero-order chi connectivity index (χ0) is 23.0. The molecule has 2 saturated heterocycles. The third kappa shape index (κ3) is 4.21. The Bertz CT molecular complexity index is 1110. The molecule has 1 amide bonds. The van der Waals surface area contributed by atoms with E-state index >= 15 is 0 Å². The van der Waals surface area contributed by atoms with Crippen molar-refractivity contribution < 1.29 is 13.4 Å². The number of fused-ring (bicyclic) bond motifs is 1. The molecule has 2 atom stereocenters. The largest absolute Gasteiger partial charge is 0.370 e. The molecule has 9 heteroatoms. The molecule has 32 heavy (non-hydrogen) atoms. The summed E-state index contributed by atoms with van der Waals surface area (Å²) < 4.78 is 28.0. The first-order valence-electron chi connectivity index (χ1n) is 10.9. The van der Waals surface area contributed by atoms with E-state index in [1.165, 1.54) is 12.1 Å². The van der Waals surface area contributed by atoms with Crippen LogP contribution in [0.15, 0.2) is 24.4 Å². The van der Waals surface area contributed by atoms with Crippen LogP contribution in [0.2, 0.25) is 0 Å². The molecule has 0 aliphatic carbocycles. The molecule has 0 bridgehead atoms. The van der Waals surface area contributed by atoms with Crippen molar-refractivity contribution in [3.05, 3.63) is 35.8 Å². The molecule has 0 radical (unpaired) electrons. The molecule has 0 N–H and O–H groups in total. The highest BCUT2D eigenvalue weighted by atomic mass is 32.2. The van der Waals surface area contributed by atoms with Crippen molar-refractivity contribution >= 4 is 33.5 Å². The Morgan fingerprint density at radius 3 is 2.62 bits per heavy atom. The summed E-state index contributed by atoms with van der Waals surface area (Å²) in [6, 6.07) is 6.81. The van der Waals surface area contributed by atoms with Crippen molar-refractivity contribution in [2.75, 3.05) is 43.9 Å². The fourth-order valence-electron chi connectivity index (χ4n) is 4.66. The lowest BCUT2D eigenvalue weighted by atomic mass is 9.81. The molecule has 1 aromatic carbocycles. The number of piperazine rings is 1. The van der Waals surface area contributed by atoms with Gasteiger partial charge in [-0.2, -0.15) is 5.26 Å². The molecule has 2 aromatic rings. The van der Waals surface area contributed by atoms with Crippen LogP contribution in [0.5, 0.6) is 0 Å². The quantitative estimate of drug-likeness (QED) is 0.708. The zero-order valence-electron chi connectivity index (χ0n) is 18.7. The summed E-state index contributed by atoms with van der Waals surface area (Å²) in [7, 11) is -1.09. The average Bonchev–Trinajstić information content (AvgIpc) is 2.78. The van der Waals surface area contributed by atoms with E-state index in [-0.39, 0.29) is 17.8 Å². The Morgan fingerprint density at radius 2 is 2.00 bits per heavy atom. The number of benzene rings is 1. The number of rotatable bonds is 3. The minimum Gasteiger partial charge on any atom is -0.370 e. The predicted octanol–water partition coefficient (Wildman–Crippen LogP) is 2.94. The van der Waals surface area contributed by atoms with Gasteiger partial charge in [0.2, 0.25) is 0 Å². The maximum Gasteiger partial charge on any atom is 0.257 e. The molecule has 3 heterocycles. The third-order valence-corrected chi connectivity index (χ3v) is 7.87. The Hall–Kier alpha value is -2.57. The smallest absolute Gasteiger partial charge is 0.257 e. The normalized spacial score (nSPS) is 22.5. The number of hydrogen-bond donors (Lipinski definition) is 0. The number of anilines is 1. The van der Waals surface area contributed by atoms with Gasteiger partial charge in [0.25, 0.3) is 5.91 Å². The molecule has 0 spiro atoms. The molecular weight excluding hydrogens is 429 g/mol. The van der Waals surface area contributed by atoms with Crippen LogP contribution in [0.1, 0.15) is 37.0 Å². The van der Waals surface area contributed by atoms with Crippen LogP contribution in [0.3, 0.4) is 0 Å². The summed E-state index contributed by atoms with van der Waals surface area (Å²) in [5.74, 6) is -0.530. The molecule has 0 saturated carbocycles. The monoisotopic (exact) mass is 457 g/mol. The number of aromatic nitrogens is 1. The van der Waals surface area contributed by atoms with Gasteiger partial charge in [-0.3, -0.25) is 9.78 Å². The molecular formula is C23H28FN5O2S. The summed E-state index contributed by atoms with van der Waals surface area (Å²) in [5, 5.41) is 10.1. The molecule has 2 aliphatic heterocycles. The predicted molar refractivity (Wildman–Crippen MR) is 123 cm³/mol. The van der Waals surface area contributed by atoms with Crippen molar-refractivity contribution in [1.29, 1.82) is 5.26 Å². The van der Waals surface area contributed by atoms with Crippen molar-refractivity contribution in [3.63, 3.8) is 0 Å². The maximum atomic E-state index is 14.2. The summed E-state index contributed by atoms with van der Waals surface area (Å²) in [6.07, 6.45) is 4.59. The van der Waals surface area contributed by atoms with Gasteiger partial charge in [-0.25, -0.2) is 12.9 Å². The van der Waals surface area contributed by atoms with Crippen LogP contribution in [0, 0.1) is 22.6 Å². The minimum atomic E-state index is -1.09. The fraction of sp³-hybridized carbons (Fsp3) is 0.522. The van der Waals surface area contributed by atoms with Crippen LogP contribution in [-0.4, -0.2) is 69.3 Å². The third-order valence-electron chi connectivity index (χ3n) is 6.67. The molecule has 2 fully saturated rings. The van der Waals surface area contributed by atoms with E-state index in [1.54, 1.807) is 23.4 Å². The van der Waals surface area contributed by atoms with Gasteiger partial charge in [0.1, 0.15) is 5.82 Å². The number of pyridine rings is 1. The number of carbonyl (C=O) groups excluding carboxylic acids is 1. The van der Waals surface area contributed by atoms with Gasteiger partial charge in [-0.1, -0.05) is 0 Å². The zero-order valence-corrected chi connectivity index (χ0v) is 19.5. The first kappa shape index (κ1) is 22.6. The van der Waals surface area contributed by atoms with E-state index in [9.17, 15) is 18.7 Å². The van der Waals surface area contributed by atoms with Gasteiger partial charge in [-0.15, -0.1) is 0 Å². The number of piperidine rings is 1. The van der Waals surface area contributed by atoms with E-state index < -0.39 is 16.4 Å². The summed E-state index contributed by atoms with van der Waals surface area (Å²) in [6.45, 7) is 6.60. The second-order valence-electron chi connectivity index (χ2n) is 9.01. The van der Waals surface area contributed by atoms with Crippen LogP contribution >= 0.6 is 0 Å². The van der Waals surface area contributed by atoms with Gasteiger partial charge in [0, 0.05) is 56.6 Å². The Labute approximate surface area is 190 Å². The average molecular weight is 458 g/mol. The molecule has 7 nitrogen and oxygen atoms in total. The van der Waals surface area contributed by atoms with Gasteiger partial charge in [-0.05, 0) is 44.9 Å². The van der Waals surface area contributed by atoms with Crippen LogP contribution < -0.4 is 4.90 Å². The topological polar surface area (TPSA) is 80.5 Å². The summed E-state index contributed by atoms with van der Waals surface area (Å²) in [4.78, 5) is 21.9. The Kier molecular flexibility index (Phi) is 6.19. The van der Waals surface area contributed by atoms with E-state index in [2.05, 4.69) is 16.0 Å². The standard InChI is InChI=1S/C23H28FN5O2S/c1-16-14-28(10-11-29(16)32(3)31)22(30)19-13-26-20-5-4-17(24)12-18(20)21(19)27-8-6-23(2,15-25)7-9-27/h4-5,12-13,16H,6-11,14H2,1-3H3/t16-,32?/m1/s1. The molecule has 4 rings (SSSR count). The van der Waals surface area contributed by atoms with Crippen LogP contribution in [0.25, 0.3) is 10.9 Å². The van der Waals surface area contributed by atoms with E-state index in [0.29, 0.717) is 67.7 Å². The van der Waals surface area contributed by atoms with Gasteiger partial charge < -0.3 is 9.80 Å². The number of hydrogen-bond acceptors (Lipinski definition) is 5. The van der Waals surface area contributed by atoms with E-state index in [4.69, 9.17) is 0 Å². The highest BCUT2D eigenvalue weighted by Crippen LogP contribution is 2.37. The second-order valence-corrected chi connectivity index (χ2v) is 10.3. The first-order valence-corrected chi connectivity index (χ1v) is 12.4. The van der Waals surface area contributed by atoms with Gasteiger partial charge in [0.15, 0.2) is 0 Å². The summed E-state index contributed by atoms with van der Waals surface area (Å²) >= 11 is 0. The lowest BCUT2D eigenvalue weighted by Crippen LogP contribution is -2.54. The highest BCUT2D eigenvalue weighted by molar-refractivity contribution is 7.81. The number of nitrogens with zero attached hydrogens (tertiary/aromatic N) is 5. The van der Waals surface area contributed by atoms with Crippen molar-refractivity contribution in [1.82, 2.24) is 14.2 Å². The van der Waals surface area contributed by atoms with Crippen LogP contribution in [0.4, 0.5) is 10.1 Å². The lowest BCUT2D eigenvalue weighted by molar-refractivity contribution is 0.0648. The Morgan fingerprint density at radius 1 is 1.28 bits per heavy atom. The SMILES string of the molecule is C[C@@H]1CN(C(=O)c2cnc3ccc(F)cc3c2N2CCC(C)(C#N)CC2)CCN1S(C)=O. The number of halogens is 1. The van der Waals surface area contributed by atoms with Crippen molar-refractivity contribution in [2.24, 2.45) is 5.41 Å². The molecule has 1 unspecified atom stereocenters. The van der Waals surface area contributed by atoms with Gasteiger partial charge >= 0.3 is 0 Å². The maximum absolute atomic E-state index is 14.2. The second kappa shape index (κ2) is 8.75. The number of carbonyl (C=O) groups is 1. The molecule has 1 aromatic heterocycles. The lowest BCUT2D eigenvalue weighted by Gasteiger charge is -2.40. The first-order chi connectivity index (χ1) is 15.2. The number of amides is 1. The van der Waals surface area contributed by atoms with Crippen LogP contribution in [-0.2, 0) is 11.0 Å². The van der Waals surface area contributed by atoms with Crippen molar-refractivity contribution in [3.8, 4) is 6.07 Å². The minimum absolute atomic E-state index is 0.0285. The Balaban J connectivity index is 1.72. The number of nitriles is 1. The fourth-order valence-corrected chi connectivity index (χ4v) is 5.57. The van der Waals surface area contributed by atoms with Crippen molar-refractivity contribution in [2.45, 2.75) is 32.7 Å². The van der Waals surface area contributed by atoms with Gasteiger partial charge in [0.05, 0.1) is 39.2 Å².